The third-order valence-corrected chi connectivity index (χ3v) is 6.46. The van der Waals surface area contributed by atoms with E-state index in [0.29, 0.717) is 31.2 Å². The van der Waals surface area contributed by atoms with E-state index in [2.05, 4.69) is 4.90 Å². The van der Waals surface area contributed by atoms with Gasteiger partial charge in [-0.2, -0.15) is 13.2 Å². The Labute approximate surface area is 177 Å². The lowest BCUT2D eigenvalue weighted by Crippen LogP contribution is -2.50. The summed E-state index contributed by atoms with van der Waals surface area (Å²) in [5.74, 6) is -2.26. The lowest BCUT2D eigenvalue weighted by Gasteiger charge is -2.37. The molecule has 0 unspecified atom stereocenters. The van der Waals surface area contributed by atoms with Crippen LogP contribution in [-0.4, -0.2) is 43.2 Å². The monoisotopic (exact) mass is 440 g/mol. The van der Waals surface area contributed by atoms with Gasteiger partial charge in [-0.05, 0) is 48.7 Å². The molecule has 0 radical (unpaired) electrons. The van der Waals surface area contributed by atoms with Crippen LogP contribution in [0.4, 0.5) is 23.2 Å². The van der Waals surface area contributed by atoms with Gasteiger partial charge in [0.05, 0.1) is 5.92 Å². The van der Waals surface area contributed by atoms with Crippen LogP contribution in [-0.2, 0) is 10.2 Å². The van der Waals surface area contributed by atoms with Crippen LogP contribution in [0.25, 0.3) is 0 Å². The Morgan fingerprint density at radius 3 is 2.30 bits per heavy atom. The second-order valence-electron chi connectivity index (χ2n) is 7.98. The molecule has 8 heteroatoms. The number of carbonyl (C=O) groups is 1. The molecule has 4 rings (SSSR count). The predicted octanol–water partition coefficient (Wildman–Crippen LogP) is 4.96. The third kappa shape index (κ3) is 3.53. The van der Waals surface area contributed by atoms with Crippen LogP contribution < -0.4 is 4.90 Å². The maximum absolute atomic E-state index is 13.9. The number of aryl methyl sites for hydroxylation is 1. The van der Waals surface area contributed by atoms with Crippen molar-refractivity contribution in [2.45, 2.75) is 24.9 Å². The molecule has 2 atom stereocenters. The summed E-state index contributed by atoms with van der Waals surface area (Å²) in [6.45, 7) is 3.70. The number of nitrogens with zero attached hydrogens (tertiary/aromatic N) is 2. The Morgan fingerprint density at radius 1 is 1.07 bits per heavy atom. The number of hydrogen-bond acceptors (Lipinski definition) is 2. The van der Waals surface area contributed by atoms with Crippen molar-refractivity contribution in [2.75, 3.05) is 31.1 Å². The van der Waals surface area contributed by atoms with E-state index in [0.717, 1.165) is 35.5 Å². The van der Waals surface area contributed by atoms with Crippen molar-refractivity contribution in [3.63, 3.8) is 0 Å². The highest BCUT2D eigenvalue weighted by molar-refractivity contribution is 6.30. The molecule has 2 aromatic carbocycles. The van der Waals surface area contributed by atoms with Gasteiger partial charge in [0, 0.05) is 36.9 Å². The lowest BCUT2D eigenvalue weighted by molar-refractivity contribution is -0.169. The summed E-state index contributed by atoms with van der Waals surface area (Å²) >= 11 is 6.09. The zero-order valence-corrected chi connectivity index (χ0v) is 17.1. The number of alkyl halides is 3. The largest absolute Gasteiger partial charge is 0.399 e. The van der Waals surface area contributed by atoms with Gasteiger partial charge in [-0.3, -0.25) is 4.79 Å². The Morgan fingerprint density at radius 2 is 1.70 bits per heavy atom. The molecule has 0 bridgehead atoms. The quantitative estimate of drug-likeness (QED) is 0.630. The molecule has 1 heterocycles. The normalized spacial score (nSPS) is 24.1. The number of carbonyl (C=O) groups excluding carboxylic acids is 1. The van der Waals surface area contributed by atoms with Gasteiger partial charge in [-0.25, -0.2) is 4.39 Å². The Hall–Kier alpha value is -2.28. The summed E-state index contributed by atoms with van der Waals surface area (Å²) in [6, 6.07) is 9.87. The molecule has 2 aromatic rings. The first-order valence-corrected chi connectivity index (χ1v) is 10.1. The third-order valence-electron chi connectivity index (χ3n) is 6.23. The van der Waals surface area contributed by atoms with Gasteiger partial charge in [-0.15, -0.1) is 0 Å². The number of halogens is 5. The van der Waals surface area contributed by atoms with Crippen molar-refractivity contribution in [2.24, 2.45) is 5.92 Å². The van der Waals surface area contributed by atoms with E-state index in [1.54, 1.807) is 6.07 Å². The van der Waals surface area contributed by atoms with Crippen LogP contribution in [0.2, 0.25) is 5.02 Å². The molecule has 2 aliphatic rings. The van der Waals surface area contributed by atoms with E-state index in [1.807, 2.05) is 19.1 Å². The Bertz CT molecular complexity index is 955. The second-order valence-corrected chi connectivity index (χ2v) is 8.41. The highest BCUT2D eigenvalue weighted by Crippen LogP contribution is 2.64. The molecule has 1 saturated heterocycles. The molecule has 3 nitrogen and oxygen atoms in total. The van der Waals surface area contributed by atoms with E-state index in [4.69, 9.17) is 11.6 Å². The van der Waals surface area contributed by atoms with Crippen LogP contribution >= 0.6 is 11.6 Å². The number of amides is 1. The van der Waals surface area contributed by atoms with Crippen LogP contribution in [0.1, 0.15) is 17.5 Å². The summed E-state index contributed by atoms with van der Waals surface area (Å²) in [5, 5.41) is 0.612. The van der Waals surface area contributed by atoms with E-state index in [9.17, 15) is 22.4 Å². The maximum atomic E-state index is 13.9. The fourth-order valence-corrected chi connectivity index (χ4v) is 4.58. The molecule has 1 aliphatic heterocycles. The summed E-state index contributed by atoms with van der Waals surface area (Å²) in [4.78, 5) is 16.5. The molecular weight excluding hydrogens is 420 g/mol. The van der Waals surface area contributed by atoms with Gasteiger partial charge < -0.3 is 9.80 Å². The minimum atomic E-state index is -4.58. The SMILES string of the molecule is Cc1ccc(Cl)cc1N1CCN(C(=O)[C@H]2C[C@@]2(c2ccc(F)cc2)C(F)(F)F)CC1. The predicted molar refractivity (Wildman–Crippen MR) is 107 cm³/mol. The molecule has 2 fully saturated rings. The Kier molecular flexibility index (Phi) is 5.21. The molecule has 1 aliphatic carbocycles. The van der Waals surface area contributed by atoms with Crippen LogP contribution in [0.5, 0.6) is 0 Å². The van der Waals surface area contributed by atoms with Crippen molar-refractivity contribution in [3.05, 3.63) is 64.4 Å². The fraction of sp³-hybridized carbons (Fsp3) is 0.409. The second kappa shape index (κ2) is 7.45. The zero-order chi connectivity index (χ0) is 21.7. The average Bonchev–Trinajstić information content (AvgIpc) is 3.47. The number of rotatable bonds is 3. The van der Waals surface area contributed by atoms with E-state index in [1.165, 1.54) is 4.90 Å². The standard InChI is InChI=1S/C22H21ClF4N2O/c1-14-2-5-16(23)12-19(14)28-8-10-29(11-9-28)20(30)18-13-21(18,22(25,26)27)15-3-6-17(24)7-4-15/h2-7,12,18H,8-11,13H2,1H3/t18-,21+/m1/s1. The van der Waals surface area contributed by atoms with Crippen molar-refractivity contribution < 1.29 is 22.4 Å². The first kappa shape index (κ1) is 21.0. The topological polar surface area (TPSA) is 23.6 Å². The van der Waals surface area contributed by atoms with Crippen molar-refractivity contribution in [1.29, 1.82) is 0 Å². The molecule has 1 amide bonds. The number of anilines is 1. The smallest absolute Gasteiger partial charge is 0.368 e. The number of benzene rings is 2. The van der Waals surface area contributed by atoms with Gasteiger partial charge in [-0.1, -0.05) is 29.8 Å². The van der Waals surface area contributed by atoms with Crippen molar-refractivity contribution in [1.82, 2.24) is 4.90 Å². The van der Waals surface area contributed by atoms with Crippen molar-refractivity contribution >= 4 is 23.2 Å². The van der Waals surface area contributed by atoms with Gasteiger partial charge in [0.15, 0.2) is 0 Å². The first-order chi connectivity index (χ1) is 14.1. The molecule has 160 valence electrons. The highest BCUT2D eigenvalue weighted by Gasteiger charge is 2.74. The van der Waals surface area contributed by atoms with Gasteiger partial charge in [0.1, 0.15) is 11.2 Å². The van der Waals surface area contributed by atoms with Crippen molar-refractivity contribution in [3.8, 4) is 0 Å². The zero-order valence-electron chi connectivity index (χ0n) is 16.3. The number of hydrogen-bond donors (Lipinski definition) is 0. The summed E-state index contributed by atoms with van der Waals surface area (Å²) in [6.07, 6.45) is -4.88. The highest BCUT2D eigenvalue weighted by atomic mass is 35.5. The summed E-state index contributed by atoms with van der Waals surface area (Å²) in [7, 11) is 0. The maximum Gasteiger partial charge on any atom is 0.399 e. The van der Waals surface area contributed by atoms with Gasteiger partial charge in [0.25, 0.3) is 0 Å². The molecular formula is C22H21ClF4N2O. The van der Waals surface area contributed by atoms with Crippen LogP contribution in [0.15, 0.2) is 42.5 Å². The lowest BCUT2D eigenvalue weighted by atomic mass is 9.92. The van der Waals surface area contributed by atoms with E-state index >= 15 is 0 Å². The van der Waals surface area contributed by atoms with E-state index in [-0.39, 0.29) is 12.0 Å². The minimum Gasteiger partial charge on any atom is -0.368 e. The molecule has 1 saturated carbocycles. The minimum absolute atomic E-state index is 0.0528. The van der Waals surface area contributed by atoms with Gasteiger partial charge >= 0.3 is 6.18 Å². The van der Waals surface area contributed by atoms with Gasteiger partial charge in [0.2, 0.25) is 5.91 Å². The molecule has 30 heavy (non-hydrogen) atoms. The first-order valence-electron chi connectivity index (χ1n) is 9.76. The molecule has 0 N–H and O–H groups in total. The van der Waals surface area contributed by atoms with Crippen LogP contribution in [0, 0.1) is 18.7 Å². The van der Waals surface area contributed by atoms with E-state index < -0.39 is 29.2 Å². The fourth-order valence-electron chi connectivity index (χ4n) is 4.42. The Balaban J connectivity index is 1.48. The summed E-state index contributed by atoms with van der Waals surface area (Å²) in [5.41, 5.74) is -0.257. The average molecular weight is 441 g/mol. The number of piperazine rings is 1. The summed E-state index contributed by atoms with van der Waals surface area (Å²) < 4.78 is 55.0. The van der Waals surface area contributed by atoms with Crippen LogP contribution in [0.3, 0.4) is 0 Å². The molecule has 0 spiro atoms. The molecule has 0 aromatic heterocycles.